The van der Waals surface area contributed by atoms with E-state index in [-0.39, 0.29) is 22.8 Å². The molecule has 1 aromatic heterocycles. The molecule has 10 nitrogen and oxygen atoms in total. The molecule has 0 aliphatic rings. The van der Waals surface area contributed by atoms with Gasteiger partial charge in [0.15, 0.2) is 5.69 Å². The second-order valence-corrected chi connectivity index (χ2v) is 9.55. The number of benzene rings is 2. The summed E-state index contributed by atoms with van der Waals surface area (Å²) >= 11 is 0.772. The number of hydrogen-bond acceptors (Lipinski definition) is 8. The molecule has 0 aliphatic heterocycles. The number of nitrogens with one attached hydrogen (secondary N) is 1. The van der Waals surface area contributed by atoms with Gasteiger partial charge < -0.3 is 26.4 Å². The topological polar surface area (TPSA) is 144 Å². The molecule has 1 heterocycles. The summed E-state index contributed by atoms with van der Waals surface area (Å²) in [4.78, 5) is 43.0. The molecule has 0 aliphatic carbocycles. The number of nitrogens with zero attached hydrogens (tertiary/aromatic N) is 3. The Morgan fingerprint density at radius 3 is 2.35 bits per heavy atom. The van der Waals surface area contributed by atoms with E-state index >= 15 is 0 Å². The second kappa shape index (κ2) is 11.8. The lowest BCUT2D eigenvalue weighted by Gasteiger charge is -2.32. The molecule has 1 atom stereocenters. The van der Waals surface area contributed by atoms with E-state index in [1.54, 1.807) is 7.11 Å². The van der Waals surface area contributed by atoms with Crippen molar-refractivity contribution in [1.29, 1.82) is 0 Å². The summed E-state index contributed by atoms with van der Waals surface area (Å²) in [5.41, 5.74) is 15.0. The van der Waals surface area contributed by atoms with Crippen molar-refractivity contribution in [2.24, 2.45) is 5.73 Å². The number of rotatable bonds is 10. The van der Waals surface area contributed by atoms with Crippen LogP contribution in [0.1, 0.15) is 42.9 Å². The van der Waals surface area contributed by atoms with Crippen molar-refractivity contribution in [3.63, 3.8) is 0 Å². The van der Waals surface area contributed by atoms with Crippen molar-refractivity contribution in [3.8, 4) is 0 Å². The molecule has 1 unspecified atom stereocenters. The molecule has 3 rings (SSSR count). The van der Waals surface area contributed by atoms with Crippen LogP contribution in [0.3, 0.4) is 0 Å². The van der Waals surface area contributed by atoms with Gasteiger partial charge in [0, 0.05) is 39.1 Å². The maximum Gasteiger partial charge on any atom is 0.273 e. The maximum absolute atomic E-state index is 14.1. The van der Waals surface area contributed by atoms with Crippen molar-refractivity contribution in [2.45, 2.75) is 19.9 Å². The number of methoxy groups -OCH3 is 1. The molecule has 37 heavy (non-hydrogen) atoms. The molecule has 3 amide bonds. The summed E-state index contributed by atoms with van der Waals surface area (Å²) in [6, 6.07) is 12.0. The smallest absolute Gasteiger partial charge is 0.273 e. The first-order valence-corrected chi connectivity index (χ1v) is 12.3. The third kappa shape index (κ3) is 6.07. The molecule has 2 aromatic carbocycles. The van der Waals surface area contributed by atoms with E-state index in [0.717, 1.165) is 28.3 Å². The van der Waals surface area contributed by atoms with E-state index in [1.807, 2.05) is 75.3 Å². The van der Waals surface area contributed by atoms with Crippen LogP contribution in [0.2, 0.25) is 0 Å². The minimum Gasteiger partial charge on any atom is -0.395 e. The van der Waals surface area contributed by atoms with E-state index in [9.17, 15) is 14.4 Å². The summed E-state index contributed by atoms with van der Waals surface area (Å²) in [6.45, 7) is 4.32. The van der Waals surface area contributed by atoms with Crippen LogP contribution < -0.4 is 26.6 Å². The van der Waals surface area contributed by atoms with Crippen molar-refractivity contribution in [3.05, 3.63) is 69.7 Å². The van der Waals surface area contributed by atoms with Crippen LogP contribution in [0, 0.1) is 13.8 Å². The fraction of sp³-hybridized carbons (Fsp3) is 0.308. The van der Waals surface area contributed by atoms with Gasteiger partial charge in [-0.15, -0.1) is 0 Å². The third-order valence-electron chi connectivity index (χ3n) is 5.84. The number of nitrogen functional groups attached to an aromatic ring is 1. The highest BCUT2D eigenvalue weighted by Crippen LogP contribution is 2.35. The lowest BCUT2D eigenvalue weighted by atomic mass is 10.00. The molecular formula is C26H32N6O4S. The predicted molar refractivity (Wildman–Crippen MR) is 146 cm³/mol. The number of nitrogens with two attached hydrogens (primary N) is 2. The van der Waals surface area contributed by atoms with E-state index < -0.39 is 23.8 Å². The number of ether oxygens (including phenoxy) is 1. The Morgan fingerprint density at radius 1 is 1.11 bits per heavy atom. The van der Waals surface area contributed by atoms with Crippen LogP contribution in [-0.4, -0.2) is 56.5 Å². The zero-order chi connectivity index (χ0) is 27.3. The quantitative estimate of drug-likeness (QED) is 0.346. The Balaban J connectivity index is 2.23. The molecule has 0 fully saturated rings. The Bertz CT molecular complexity index is 1290. The minimum atomic E-state index is -1.06. The van der Waals surface area contributed by atoms with Gasteiger partial charge in [-0.3, -0.25) is 19.3 Å². The number of carbonyl (C=O) groups excluding carboxylic acids is 3. The zero-order valence-corrected chi connectivity index (χ0v) is 22.4. The first-order valence-electron chi connectivity index (χ1n) is 11.6. The SMILES string of the molecule is COCCNC(=O)C(c1ccc(N(C)C)cc1)N(C(=O)c1snc(C(N)=O)c1N)c1cc(C)ccc1C. The van der Waals surface area contributed by atoms with Crippen molar-refractivity contribution < 1.29 is 19.1 Å². The van der Waals surface area contributed by atoms with Crippen LogP contribution in [-0.2, 0) is 9.53 Å². The average molecular weight is 525 g/mol. The van der Waals surface area contributed by atoms with E-state index in [4.69, 9.17) is 16.2 Å². The summed E-state index contributed by atoms with van der Waals surface area (Å²) in [7, 11) is 5.37. The molecule has 5 N–H and O–H groups in total. The van der Waals surface area contributed by atoms with E-state index in [1.165, 1.54) is 4.90 Å². The highest BCUT2D eigenvalue weighted by Gasteiger charge is 2.36. The summed E-state index contributed by atoms with van der Waals surface area (Å²) < 4.78 is 9.08. The fourth-order valence-electron chi connectivity index (χ4n) is 3.83. The fourth-order valence-corrected chi connectivity index (χ4v) is 4.57. The first kappa shape index (κ1) is 27.6. The van der Waals surface area contributed by atoms with Crippen LogP contribution in [0.25, 0.3) is 0 Å². The van der Waals surface area contributed by atoms with Gasteiger partial charge >= 0.3 is 0 Å². The molecule has 11 heteroatoms. The lowest BCUT2D eigenvalue weighted by molar-refractivity contribution is -0.122. The van der Waals surface area contributed by atoms with Gasteiger partial charge in [-0.1, -0.05) is 24.3 Å². The molecule has 0 radical (unpaired) electrons. The van der Waals surface area contributed by atoms with Gasteiger partial charge in [0.1, 0.15) is 10.9 Å². The highest BCUT2D eigenvalue weighted by atomic mass is 32.1. The molecule has 3 aromatic rings. The average Bonchev–Trinajstić information content (AvgIpc) is 3.25. The van der Waals surface area contributed by atoms with E-state index in [2.05, 4.69) is 9.69 Å². The number of primary amides is 1. The molecule has 0 bridgehead atoms. The highest BCUT2D eigenvalue weighted by molar-refractivity contribution is 7.09. The summed E-state index contributed by atoms with van der Waals surface area (Å²) in [5.74, 6) is -1.80. The number of aryl methyl sites for hydroxylation is 2. The van der Waals surface area contributed by atoms with Gasteiger partial charge in [-0.25, -0.2) is 0 Å². The molecular weight excluding hydrogens is 492 g/mol. The van der Waals surface area contributed by atoms with Gasteiger partial charge in [0.05, 0.1) is 12.3 Å². The van der Waals surface area contributed by atoms with Crippen molar-refractivity contribution in [1.82, 2.24) is 9.69 Å². The number of carbonyl (C=O) groups is 3. The number of anilines is 3. The second-order valence-electron chi connectivity index (χ2n) is 8.78. The van der Waals surface area contributed by atoms with Crippen molar-refractivity contribution >= 4 is 46.3 Å². The first-order chi connectivity index (χ1) is 17.6. The Labute approximate surface area is 220 Å². The zero-order valence-electron chi connectivity index (χ0n) is 21.6. The Hall–Kier alpha value is -3.96. The largest absolute Gasteiger partial charge is 0.395 e. The summed E-state index contributed by atoms with van der Waals surface area (Å²) in [5, 5.41) is 2.86. The maximum atomic E-state index is 14.1. The van der Waals surface area contributed by atoms with E-state index in [0.29, 0.717) is 17.9 Å². The minimum absolute atomic E-state index is 0.0225. The number of aromatic nitrogens is 1. The number of hydrogen-bond donors (Lipinski definition) is 3. The standard InChI is InChI=1S/C26H32N6O4S/c1-15-6-7-16(2)19(14-15)32(26(35)23-20(27)21(24(28)33)30-37-23)22(25(34)29-12-13-36-5)17-8-10-18(11-9-17)31(3)4/h6-11,14,22H,12-13,27H2,1-5H3,(H2,28,33)(H,29,34). The van der Waals surface area contributed by atoms with Gasteiger partial charge in [0.2, 0.25) is 5.91 Å². The van der Waals surface area contributed by atoms with Crippen molar-refractivity contribution in [2.75, 3.05) is 49.9 Å². The van der Waals surface area contributed by atoms with Crippen LogP contribution in [0.15, 0.2) is 42.5 Å². The predicted octanol–water partition coefficient (Wildman–Crippen LogP) is 2.66. The summed E-state index contributed by atoms with van der Waals surface area (Å²) in [6.07, 6.45) is 0. The van der Waals surface area contributed by atoms with Gasteiger partial charge in [0.25, 0.3) is 11.8 Å². The lowest BCUT2D eigenvalue weighted by Crippen LogP contribution is -2.45. The normalized spacial score (nSPS) is 11.6. The van der Waals surface area contributed by atoms with Crippen LogP contribution in [0.5, 0.6) is 0 Å². The molecule has 0 saturated heterocycles. The Morgan fingerprint density at radius 2 is 1.78 bits per heavy atom. The number of amides is 3. The van der Waals surface area contributed by atoms with Gasteiger partial charge in [-0.05, 0) is 60.3 Å². The van der Waals surface area contributed by atoms with Crippen LogP contribution >= 0.6 is 11.5 Å². The van der Waals surface area contributed by atoms with Gasteiger partial charge in [-0.2, -0.15) is 4.37 Å². The molecule has 0 saturated carbocycles. The Kier molecular flexibility index (Phi) is 8.85. The third-order valence-corrected chi connectivity index (χ3v) is 6.69. The molecule has 0 spiro atoms. The monoisotopic (exact) mass is 524 g/mol. The van der Waals surface area contributed by atoms with Crippen LogP contribution in [0.4, 0.5) is 17.1 Å². The molecule has 196 valence electrons.